The number of benzene rings is 2. The molecule has 1 aliphatic rings. The number of aliphatic hydroxyl groups excluding tert-OH is 1. The molecule has 1 fully saturated rings. The lowest BCUT2D eigenvalue weighted by atomic mass is 9.95. The van der Waals surface area contributed by atoms with Gasteiger partial charge in [-0.2, -0.15) is 18.2 Å². The Labute approximate surface area is 197 Å². The molecular formula is C25H20F3N3O4. The normalized spacial score (nSPS) is 15.7. The number of alkyl halides is 3. The largest absolute Gasteiger partial charge is 0.422 e. The van der Waals surface area contributed by atoms with E-state index < -0.39 is 29.5 Å². The van der Waals surface area contributed by atoms with Gasteiger partial charge >= 0.3 is 6.18 Å². The molecule has 1 aliphatic carbocycles. The number of halogens is 3. The van der Waals surface area contributed by atoms with Crippen LogP contribution in [0.5, 0.6) is 0 Å². The van der Waals surface area contributed by atoms with E-state index in [2.05, 4.69) is 15.3 Å². The Morgan fingerprint density at radius 3 is 2.34 bits per heavy atom. The average molecular weight is 483 g/mol. The minimum absolute atomic E-state index is 0.0173. The van der Waals surface area contributed by atoms with E-state index in [0.717, 1.165) is 12.8 Å². The topological polar surface area (TPSA) is 102 Å². The number of hydrogen-bond donors (Lipinski definition) is 1. The highest BCUT2D eigenvalue weighted by molar-refractivity contribution is 5.85. The molecule has 1 saturated carbocycles. The second kappa shape index (κ2) is 8.46. The van der Waals surface area contributed by atoms with Gasteiger partial charge in [-0.25, -0.2) is 0 Å². The highest BCUT2D eigenvalue weighted by Crippen LogP contribution is 2.49. The quantitative estimate of drug-likeness (QED) is 0.351. The third-order valence-corrected chi connectivity index (χ3v) is 6.14. The number of rotatable bonds is 7. The van der Waals surface area contributed by atoms with Crippen LogP contribution >= 0.6 is 0 Å². The van der Waals surface area contributed by atoms with Gasteiger partial charge in [-0.15, -0.1) is 0 Å². The van der Waals surface area contributed by atoms with Gasteiger partial charge in [-0.05, 0) is 23.8 Å². The van der Waals surface area contributed by atoms with Gasteiger partial charge in [0.15, 0.2) is 5.78 Å². The van der Waals surface area contributed by atoms with Crippen LogP contribution in [0.1, 0.15) is 43.4 Å². The zero-order chi connectivity index (χ0) is 24.8. The number of nitrogens with zero attached hydrogens (tertiary/aromatic N) is 3. The molecule has 0 bridgehead atoms. The Balaban J connectivity index is 1.41. The van der Waals surface area contributed by atoms with Crippen LogP contribution in [0, 0.1) is 5.41 Å². The Bertz CT molecular complexity index is 1360. The van der Waals surface area contributed by atoms with Crippen molar-refractivity contribution in [3.63, 3.8) is 0 Å². The molecule has 1 atom stereocenters. The number of aromatic nitrogens is 3. The smallest absolute Gasteiger partial charge is 0.381 e. The van der Waals surface area contributed by atoms with E-state index in [1.165, 1.54) is 12.1 Å². The first-order valence-corrected chi connectivity index (χ1v) is 10.9. The van der Waals surface area contributed by atoms with Gasteiger partial charge in [0.05, 0.1) is 0 Å². The van der Waals surface area contributed by atoms with Crippen LogP contribution in [0.2, 0.25) is 0 Å². The molecule has 2 aromatic heterocycles. The minimum Gasteiger partial charge on any atom is -0.381 e. The summed E-state index contributed by atoms with van der Waals surface area (Å²) in [5.41, 5.74) is -0.442. The molecule has 35 heavy (non-hydrogen) atoms. The molecule has 0 radical (unpaired) electrons. The van der Waals surface area contributed by atoms with Gasteiger partial charge in [0.25, 0.3) is 5.89 Å². The van der Waals surface area contributed by atoms with Crippen molar-refractivity contribution in [3.8, 4) is 34.3 Å². The molecular weight excluding hydrogens is 463 g/mol. The number of carbonyl (C=O) groups is 1. The van der Waals surface area contributed by atoms with Crippen molar-refractivity contribution in [2.24, 2.45) is 5.41 Å². The van der Waals surface area contributed by atoms with Crippen LogP contribution in [-0.4, -0.2) is 26.2 Å². The molecule has 4 aromatic rings. The molecule has 5 rings (SSSR count). The van der Waals surface area contributed by atoms with E-state index in [0.29, 0.717) is 17.5 Å². The number of ketones is 1. The molecule has 0 amide bonds. The van der Waals surface area contributed by atoms with E-state index in [1.54, 1.807) is 42.5 Å². The maximum atomic E-state index is 13.9. The van der Waals surface area contributed by atoms with Crippen LogP contribution in [0.3, 0.4) is 0 Å². The lowest BCUT2D eigenvalue weighted by Gasteiger charge is -2.13. The summed E-state index contributed by atoms with van der Waals surface area (Å²) < 4.78 is 51.7. The van der Waals surface area contributed by atoms with Crippen LogP contribution in [0.25, 0.3) is 34.3 Å². The molecule has 0 saturated heterocycles. The van der Waals surface area contributed by atoms with E-state index in [4.69, 9.17) is 9.05 Å². The number of Topliss-reactive ketones (excluding diaryl/α,β-unsaturated/α-hetero) is 1. The highest BCUT2D eigenvalue weighted by atomic mass is 19.4. The number of aliphatic hydroxyl groups is 1. The standard InChI is InChI=1S/C25H20F3N3O4/c1-24(11-12-24)13-17(32)20(33)15-7-9-16(10-8-15)22-29-23(35-31-22)21-18(25(26,27)28)19(30-34-21)14-5-3-2-4-6-14/h2-10,20,33H,11-13H2,1H3. The Morgan fingerprint density at radius 2 is 1.71 bits per heavy atom. The van der Waals surface area contributed by atoms with Crippen molar-refractivity contribution in [2.45, 2.75) is 38.5 Å². The maximum Gasteiger partial charge on any atom is 0.422 e. The second-order valence-electron chi connectivity index (χ2n) is 9.00. The van der Waals surface area contributed by atoms with Gasteiger partial charge in [0.2, 0.25) is 11.6 Å². The van der Waals surface area contributed by atoms with Crippen molar-refractivity contribution in [3.05, 3.63) is 65.7 Å². The van der Waals surface area contributed by atoms with Gasteiger partial charge < -0.3 is 14.2 Å². The second-order valence-corrected chi connectivity index (χ2v) is 9.00. The van der Waals surface area contributed by atoms with E-state index in [1.807, 2.05) is 6.92 Å². The summed E-state index contributed by atoms with van der Waals surface area (Å²) in [6.07, 6.45) is -3.77. The van der Waals surface area contributed by atoms with E-state index >= 15 is 0 Å². The van der Waals surface area contributed by atoms with Gasteiger partial charge in [-0.1, -0.05) is 71.8 Å². The summed E-state index contributed by atoms with van der Waals surface area (Å²) in [5.74, 6) is -1.39. The zero-order valence-electron chi connectivity index (χ0n) is 18.5. The monoisotopic (exact) mass is 483 g/mol. The first-order valence-electron chi connectivity index (χ1n) is 10.9. The molecule has 0 aliphatic heterocycles. The van der Waals surface area contributed by atoms with E-state index in [9.17, 15) is 23.1 Å². The Morgan fingerprint density at radius 1 is 1.03 bits per heavy atom. The fraction of sp³-hybridized carbons (Fsp3) is 0.280. The third kappa shape index (κ3) is 4.61. The summed E-state index contributed by atoms with van der Waals surface area (Å²) in [6, 6.07) is 14.0. The van der Waals surface area contributed by atoms with Crippen LogP contribution in [-0.2, 0) is 11.0 Å². The predicted molar refractivity (Wildman–Crippen MR) is 118 cm³/mol. The number of hydrogen-bond acceptors (Lipinski definition) is 7. The molecule has 0 spiro atoms. The van der Waals surface area contributed by atoms with Crippen LogP contribution in [0.15, 0.2) is 63.6 Å². The van der Waals surface area contributed by atoms with Crippen molar-refractivity contribution in [2.75, 3.05) is 0 Å². The van der Waals surface area contributed by atoms with Crippen molar-refractivity contribution >= 4 is 5.78 Å². The molecule has 10 heteroatoms. The molecule has 180 valence electrons. The fourth-order valence-corrected chi connectivity index (χ4v) is 3.83. The van der Waals surface area contributed by atoms with Crippen molar-refractivity contribution in [1.82, 2.24) is 15.3 Å². The summed E-state index contributed by atoms with van der Waals surface area (Å²) in [6.45, 7) is 2.01. The summed E-state index contributed by atoms with van der Waals surface area (Å²) in [4.78, 5) is 16.4. The lowest BCUT2D eigenvalue weighted by molar-refractivity contribution is -0.137. The first-order chi connectivity index (χ1) is 16.6. The fourth-order valence-electron chi connectivity index (χ4n) is 3.83. The highest BCUT2D eigenvalue weighted by Gasteiger charge is 2.43. The Hall–Kier alpha value is -3.79. The predicted octanol–water partition coefficient (Wildman–Crippen LogP) is 5.87. The molecule has 7 nitrogen and oxygen atoms in total. The van der Waals surface area contributed by atoms with Crippen molar-refractivity contribution in [1.29, 1.82) is 0 Å². The van der Waals surface area contributed by atoms with Gasteiger partial charge in [0, 0.05) is 17.5 Å². The molecule has 2 aromatic carbocycles. The van der Waals surface area contributed by atoms with Crippen molar-refractivity contribution < 1.29 is 32.1 Å². The average Bonchev–Trinajstić information content (AvgIpc) is 3.23. The maximum absolute atomic E-state index is 13.9. The summed E-state index contributed by atoms with van der Waals surface area (Å²) in [7, 11) is 0. The summed E-state index contributed by atoms with van der Waals surface area (Å²) >= 11 is 0. The number of carbonyl (C=O) groups excluding carboxylic acids is 1. The molecule has 1 N–H and O–H groups in total. The van der Waals surface area contributed by atoms with Gasteiger partial charge in [-0.3, -0.25) is 4.79 Å². The van der Waals surface area contributed by atoms with Crippen LogP contribution < -0.4 is 0 Å². The van der Waals surface area contributed by atoms with Gasteiger partial charge in [0.1, 0.15) is 17.4 Å². The van der Waals surface area contributed by atoms with E-state index in [-0.39, 0.29) is 28.3 Å². The lowest BCUT2D eigenvalue weighted by Crippen LogP contribution is -2.15. The third-order valence-electron chi connectivity index (χ3n) is 6.14. The Kier molecular flexibility index (Phi) is 5.55. The zero-order valence-corrected chi connectivity index (χ0v) is 18.5. The molecule has 2 heterocycles. The summed E-state index contributed by atoms with van der Waals surface area (Å²) in [5, 5.41) is 17.7. The van der Waals surface area contributed by atoms with Crippen LogP contribution in [0.4, 0.5) is 13.2 Å². The first kappa shape index (κ1) is 23.0. The molecule has 1 unspecified atom stereocenters. The minimum atomic E-state index is -4.78. The SMILES string of the molecule is CC1(CC(=O)C(O)c2ccc(-c3noc(-c4onc(-c5ccccc5)c4C(F)(F)F)n3)cc2)CC1.